The topological polar surface area (TPSA) is 51.6 Å². The molecule has 1 aromatic heterocycles. The zero-order valence-electron chi connectivity index (χ0n) is 7.75. The lowest BCUT2D eigenvalue weighted by molar-refractivity contribution is -0.109. The molecule has 0 spiro atoms. The summed E-state index contributed by atoms with van der Waals surface area (Å²) in [7, 11) is 0. The van der Waals surface area contributed by atoms with E-state index in [2.05, 4.69) is 4.98 Å². The van der Waals surface area contributed by atoms with Crippen LogP contribution in [-0.4, -0.2) is 16.4 Å². The normalized spacial score (nSPS) is 17.6. The smallest absolute Gasteiger partial charge is 0.269 e. The summed E-state index contributed by atoms with van der Waals surface area (Å²) < 4.78 is 10.1. The molecule has 1 aromatic rings. The predicted molar refractivity (Wildman–Crippen MR) is 49.0 cm³/mol. The fourth-order valence-corrected chi connectivity index (χ4v) is 1.36. The van der Waals surface area contributed by atoms with Crippen LogP contribution in [0.1, 0.15) is 17.4 Å². The highest BCUT2D eigenvalue weighted by Gasteiger charge is 2.26. The number of pyridine rings is 1. The maximum Gasteiger partial charge on any atom is 0.269 e. The number of aliphatic hydroxyl groups excluding tert-OH is 1. The Labute approximate surface area is 81.8 Å². The summed E-state index contributed by atoms with van der Waals surface area (Å²) in [5.41, 5.74) is 1.50. The van der Waals surface area contributed by atoms with E-state index in [1.807, 2.05) is 6.92 Å². The summed E-state index contributed by atoms with van der Waals surface area (Å²) >= 11 is 0. The Kier molecular flexibility index (Phi) is 2.37. The number of aromatic nitrogens is 1. The number of rotatable bonds is 2. The molecule has 4 heteroatoms. The first-order valence-corrected chi connectivity index (χ1v) is 4.34. The Balaban J connectivity index is 2.18. The van der Waals surface area contributed by atoms with Gasteiger partial charge in [0.1, 0.15) is 12.5 Å². The maximum absolute atomic E-state index is 9.87. The second kappa shape index (κ2) is 3.67. The lowest BCUT2D eigenvalue weighted by atomic mass is 10.1. The molecule has 4 nitrogen and oxygen atoms in total. The van der Waals surface area contributed by atoms with Gasteiger partial charge >= 0.3 is 0 Å². The van der Waals surface area contributed by atoms with Gasteiger partial charge in [0, 0.05) is 17.5 Å². The van der Waals surface area contributed by atoms with Gasteiger partial charge in [0.15, 0.2) is 6.10 Å². The van der Waals surface area contributed by atoms with E-state index in [-0.39, 0.29) is 0 Å². The molecule has 0 fully saturated rings. The third kappa shape index (κ3) is 1.56. The molecule has 0 radical (unpaired) electrons. The van der Waals surface area contributed by atoms with E-state index in [1.165, 1.54) is 12.5 Å². The zero-order valence-corrected chi connectivity index (χ0v) is 7.75. The van der Waals surface area contributed by atoms with E-state index in [1.54, 1.807) is 18.3 Å². The van der Waals surface area contributed by atoms with Crippen molar-refractivity contribution >= 4 is 0 Å². The minimum Gasteiger partial charge on any atom is -0.456 e. The van der Waals surface area contributed by atoms with E-state index in [4.69, 9.17) is 9.47 Å². The number of hydrogen-bond donors (Lipinski definition) is 1. The molecule has 0 aromatic carbocycles. The molecule has 0 aliphatic carbocycles. The van der Waals surface area contributed by atoms with Crippen LogP contribution in [0, 0.1) is 6.92 Å². The van der Waals surface area contributed by atoms with Crippen LogP contribution in [0.4, 0.5) is 0 Å². The lowest BCUT2D eigenvalue weighted by Crippen LogP contribution is -2.20. The minimum absolute atomic E-state index is 0.655. The highest BCUT2D eigenvalue weighted by Crippen LogP contribution is 2.24. The molecule has 0 amide bonds. The first-order chi connectivity index (χ1) is 6.79. The molecule has 14 heavy (non-hydrogen) atoms. The summed E-state index contributed by atoms with van der Waals surface area (Å²) in [4.78, 5) is 4.08. The fourth-order valence-electron chi connectivity index (χ4n) is 1.36. The van der Waals surface area contributed by atoms with Crippen LogP contribution in [0.5, 0.6) is 0 Å². The van der Waals surface area contributed by atoms with Crippen molar-refractivity contribution in [3.63, 3.8) is 0 Å². The van der Waals surface area contributed by atoms with Crippen molar-refractivity contribution in [3.8, 4) is 0 Å². The minimum atomic E-state index is -0.807. The van der Waals surface area contributed by atoms with Gasteiger partial charge in [-0.25, -0.2) is 0 Å². The monoisotopic (exact) mass is 193 g/mol. The van der Waals surface area contributed by atoms with Gasteiger partial charge in [-0.05, 0) is 13.0 Å². The van der Waals surface area contributed by atoms with Crippen LogP contribution >= 0.6 is 0 Å². The quantitative estimate of drug-likeness (QED) is 0.768. The lowest BCUT2D eigenvalue weighted by Gasteiger charge is -2.18. The van der Waals surface area contributed by atoms with Crippen molar-refractivity contribution in [1.82, 2.24) is 4.98 Å². The molecule has 1 N–H and O–H groups in total. The second-order valence-corrected chi connectivity index (χ2v) is 3.04. The first kappa shape index (κ1) is 9.02. The van der Waals surface area contributed by atoms with Gasteiger partial charge in [-0.1, -0.05) is 6.07 Å². The van der Waals surface area contributed by atoms with E-state index >= 15 is 0 Å². The average molecular weight is 193 g/mol. The van der Waals surface area contributed by atoms with Crippen LogP contribution in [0.2, 0.25) is 0 Å². The molecule has 1 aliphatic rings. The molecule has 1 aliphatic heterocycles. The Morgan fingerprint density at radius 1 is 1.43 bits per heavy atom. The molecular formula is C10H11NO3. The van der Waals surface area contributed by atoms with Gasteiger partial charge in [-0.2, -0.15) is 0 Å². The Bertz CT molecular complexity index is 343. The van der Waals surface area contributed by atoms with Gasteiger partial charge in [0.05, 0.1) is 0 Å². The summed E-state index contributed by atoms with van der Waals surface area (Å²) in [6, 6.07) is 3.58. The van der Waals surface area contributed by atoms with E-state index in [0.717, 1.165) is 11.3 Å². The van der Waals surface area contributed by atoms with Crippen molar-refractivity contribution in [2.45, 2.75) is 19.3 Å². The van der Waals surface area contributed by atoms with Gasteiger partial charge in [-0.15, -0.1) is 0 Å². The molecule has 0 saturated carbocycles. The maximum atomic E-state index is 9.87. The van der Waals surface area contributed by atoms with Crippen molar-refractivity contribution in [3.05, 3.63) is 42.1 Å². The SMILES string of the molecule is Cc1ncccc1C(O)C1OC=CO1. The Morgan fingerprint density at radius 3 is 2.79 bits per heavy atom. The van der Waals surface area contributed by atoms with Crippen LogP contribution in [0.3, 0.4) is 0 Å². The van der Waals surface area contributed by atoms with E-state index in [9.17, 15) is 5.11 Å². The molecule has 74 valence electrons. The predicted octanol–water partition coefficient (Wildman–Crippen LogP) is 1.27. The van der Waals surface area contributed by atoms with Crippen LogP contribution in [0.25, 0.3) is 0 Å². The van der Waals surface area contributed by atoms with Crippen LogP contribution in [0.15, 0.2) is 30.9 Å². The van der Waals surface area contributed by atoms with Gasteiger partial charge in [0.25, 0.3) is 6.29 Å². The molecule has 0 bridgehead atoms. The molecular weight excluding hydrogens is 182 g/mol. The number of aliphatic hydroxyl groups is 1. The average Bonchev–Trinajstić information content (AvgIpc) is 2.70. The van der Waals surface area contributed by atoms with Crippen LogP contribution < -0.4 is 0 Å². The largest absolute Gasteiger partial charge is 0.456 e. The summed E-state index contributed by atoms with van der Waals surface area (Å²) in [6.07, 6.45) is 3.05. The Hall–Kier alpha value is -1.55. The van der Waals surface area contributed by atoms with Crippen molar-refractivity contribution < 1.29 is 14.6 Å². The van der Waals surface area contributed by atoms with Crippen molar-refractivity contribution in [2.75, 3.05) is 0 Å². The van der Waals surface area contributed by atoms with Crippen LogP contribution in [-0.2, 0) is 9.47 Å². The highest BCUT2D eigenvalue weighted by atomic mass is 16.7. The van der Waals surface area contributed by atoms with E-state index in [0.29, 0.717) is 0 Å². The first-order valence-electron chi connectivity index (χ1n) is 4.34. The van der Waals surface area contributed by atoms with E-state index < -0.39 is 12.4 Å². The number of ether oxygens (including phenoxy) is 2. The van der Waals surface area contributed by atoms with Gasteiger partial charge in [-0.3, -0.25) is 4.98 Å². The third-order valence-electron chi connectivity index (χ3n) is 2.11. The standard InChI is InChI=1S/C10H11NO3/c1-7-8(3-2-4-11-7)9(12)10-13-5-6-14-10/h2-6,9-10,12H,1H3. The Morgan fingerprint density at radius 2 is 2.14 bits per heavy atom. The highest BCUT2D eigenvalue weighted by molar-refractivity contribution is 5.21. The fraction of sp³-hybridized carbons (Fsp3) is 0.300. The summed E-state index contributed by atoms with van der Waals surface area (Å²) in [5.74, 6) is 0. The molecule has 2 rings (SSSR count). The second-order valence-electron chi connectivity index (χ2n) is 3.04. The third-order valence-corrected chi connectivity index (χ3v) is 2.11. The van der Waals surface area contributed by atoms with Crippen molar-refractivity contribution in [1.29, 1.82) is 0 Å². The molecule has 2 heterocycles. The van der Waals surface area contributed by atoms with Crippen molar-refractivity contribution in [2.24, 2.45) is 0 Å². The number of aryl methyl sites for hydroxylation is 1. The number of hydrogen-bond acceptors (Lipinski definition) is 4. The zero-order chi connectivity index (χ0) is 9.97. The molecule has 1 unspecified atom stereocenters. The molecule has 1 atom stereocenters. The van der Waals surface area contributed by atoms with Gasteiger partial charge in [0.2, 0.25) is 0 Å². The summed E-state index contributed by atoms with van der Waals surface area (Å²) in [6.45, 7) is 1.83. The van der Waals surface area contributed by atoms with Gasteiger partial charge < -0.3 is 14.6 Å². The molecule has 0 saturated heterocycles. The summed E-state index contributed by atoms with van der Waals surface area (Å²) in [5, 5.41) is 9.87. The number of nitrogens with zero attached hydrogens (tertiary/aromatic N) is 1.